The molecule has 0 spiro atoms. The van der Waals surface area contributed by atoms with E-state index in [0.717, 1.165) is 50.7 Å². The van der Waals surface area contributed by atoms with E-state index < -0.39 is 0 Å². The van der Waals surface area contributed by atoms with Gasteiger partial charge in [-0.05, 0) is 44.0 Å². The molecule has 1 aromatic carbocycles. The van der Waals surface area contributed by atoms with Crippen LogP contribution in [0.5, 0.6) is 0 Å². The number of guanidine groups is 1. The number of rotatable bonds is 7. The Morgan fingerprint density at radius 3 is 2.57 bits per heavy atom. The molecule has 2 fully saturated rings. The molecular formula is C21H33FIN5O2. The number of hydrogen-bond acceptors (Lipinski definition) is 4. The van der Waals surface area contributed by atoms with Crippen LogP contribution in [0.1, 0.15) is 26.2 Å². The van der Waals surface area contributed by atoms with Crippen LogP contribution >= 0.6 is 24.0 Å². The monoisotopic (exact) mass is 533 g/mol. The molecule has 2 aliphatic heterocycles. The highest BCUT2D eigenvalue weighted by Crippen LogP contribution is 2.17. The largest absolute Gasteiger partial charge is 0.376 e. The maximum Gasteiger partial charge on any atom is 0.224 e. The molecule has 1 unspecified atom stereocenters. The number of benzene rings is 1. The third-order valence-corrected chi connectivity index (χ3v) is 5.28. The summed E-state index contributed by atoms with van der Waals surface area (Å²) in [4.78, 5) is 21.2. The van der Waals surface area contributed by atoms with E-state index in [1.54, 1.807) is 12.1 Å². The number of ether oxygens (including phenoxy) is 1. The zero-order valence-corrected chi connectivity index (χ0v) is 19.9. The fourth-order valence-corrected chi connectivity index (χ4v) is 3.64. The minimum Gasteiger partial charge on any atom is -0.376 e. The molecule has 0 aliphatic carbocycles. The first-order valence-electron chi connectivity index (χ1n) is 10.6. The second-order valence-corrected chi connectivity index (χ2v) is 7.38. The number of piperazine rings is 1. The average molecular weight is 533 g/mol. The Labute approximate surface area is 195 Å². The highest BCUT2D eigenvalue weighted by Gasteiger charge is 2.21. The second kappa shape index (κ2) is 12.9. The fraction of sp³-hybridized carbons (Fsp3) is 0.619. The van der Waals surface area contributed by atoms with Crippen molar-refractivity contribution in [3.05, 3.63) is 30.1 Å². The van der Waals surface area contributed by atoms with Crippen LogP contribution < -0.4 is 15.5 Å². The Morgan fingerprint density at radius 1 is 1.20 bits per heavy atom. The van der Waals surface area contributed by atoms with Crippen LogP contribution in [-0.4, -0.2) is 75.3 Å². The van der Waals surface area contributed by atoms with Crippen molar-refractivity contribution in [2.24, 2.45) is 4.99 Å². The van der Waals surface area contributed by atoms with Crippen LogP contribution in [-0.2, 0) is 9.53 Å². The number of amides is 1. The van der Waals surface area contributed by atoms with Crippen LogP contribution in [0, 0.1) is 5.82 Å². The maximum absolute atomic E-state index is 13.1. The first kappa shape index (κ1) is 24.6. The zero-order chi connectivity index (χ0) is 20.5. The summed E-state index contributed by atoms with van der Waals surface area (Å²) in [5.41, 5.74) is 0.998. The van der Waals surface area contributed by atoms with Gasteiger partial charge >= 0.3 is 0 Å². The third kappa shape index (κ3) is 7.57. The molecule has 0 bridgehead atoms. The lowest BCUT2D eigenvalue weighted by Gasteiger charge is -2.36. The van der Waals surface area contributed by atoms with Crippen LogP contribution in [0.2, 0.25) is 0 Å². The molecule has 2 saturated heterocycles. The van der Waals surface area contributed by atoms with Crippen molar-refractivity contribution in [2.45, 2.75) is 32.3 Å². The Hall–Kier alpha value is -1.62. The van der Waals surface area contributed by atoms with Crippen molar-refractivity contribution < 1.29 is 13.9 Å². The van der Waals surface area contributed by atoms with E-state index in [4.69, 9.17) is 4.74 Å². The first-order valence-corrected chi connectivity index (χ1v) is 10.6. The van der Waals surface area contributed by atoms with Crippen molar-refractivity contribution in [3.63, 3.8) is 0 Å². The highest BCUT2D eigenvalue weighted by atomic mass is 127. The molecule has 168 valence electrons. The van der Waals surface area contributed by atoms with Gasteiger partial charge in [-0.15, -0.1) is 24.0 Å². The molecule has 0 radical (unpaired) electrons. The van der Waals surface area contributed by atoms with Gasteiger partial charge in [0.1, 0.15) is 5.82 Å². The minimum atomic E-state index is -0.230. The van der Waals surface area contributed by atoms with Crippen LogP contribution in [0.25, 0.3) is 0 Å². The molecular weight excluding hydrogens is 500 g/mol. The van der Waals surface area contributed by atoms with E-state index in [0.29, 0.717) is 32.6 Å². The van der Waals surface area contributed by atoms with Gasteiger partial charge in [0.2, 0.25) is 5.91 Å². The number of nitrogens with zero attached hydrogens (tertiary/aromatic N) is 3. The summed E-state index contributed by atoms with van der Waals surface area (Å²) >= 11 is 0. The molecule has 1 amide bonds. The van der Waals surface area contributed by atoms with Gasteiger partial charge in [-0.1, -0.05) is 0 Å². The van der Waals surface area contributed by atoms with Gasteiger partial charge in [0.05, 0.1) is 12.6 Å². The predicted molar refractivity (Wildman–Crippen MR) is 128 cm³/mol. The normalized spacial score (nSPS) is 19.4. The van der Waals surface area contributed by atoms with E-state index in [-0.39, 0.29) is 41.8 Å². The number of carbonyl (C=O) groups excluding carboxylic acids is 1. The van der Waals surface area contributed by atoms with Crippen molar-refractivity contribution in [1.29, 1.82) is 0 Å². The Morgan fingerprint density at radius 2 is 1.93 bits per heavy atom. The summed E-state index contributed by atoms with van der Waals surface area (Å²) in [5.74, 6) is 0.648. The topological polar surface area (TPSA) is 69.2 Å². The second-order valence-electron chi connectivity index (χ2n) is 7.38. The Balaban J connectivity index is 0.00000320. The van der Waals surface area contributed by atoms with Gasteiger partial charge in [-0.3, -0.25) is 9.79 Å². The molecule has 3 rings (SSSR count). The SMILES string of the molecule is CCNC(=NCC1CCCO1)NCCC(=O)N1CCN(c2ccc(F)cc2)CC1.I. The Kier molecular flexibility index (Phi) is 10.6. The van der Waals surface area contributed by atoms with Gasteiger partial charge in [0.25, 0.3) is 0 Å². The van der Waals surface area contributed by atoms with Crippen LogP contribution in [0.4, 0.5) is 10.1 Å². The van der Waals surface area contributed by atoms with Gasteiger partial charge in [-0.25, -0.2) is 4.39 Å². The number of aliphatic imine (C=N–C) groups is 1. The van der Waals surface area contributed by atoms with E-state index in [2.05, 4.69) is 20.5 Å². The van der Waals surface area contributed by atoms with Crippen molar-refractivity contribution in [1.82, 2.24) is 15.5 Å². The average Bonchev–Trinajstić information content (AvgIpc) is 3.26. The molecule has 2 aliphatic rings. The van der Waals surface area contributed by atoms with E-state index in [9.17, 15) is 9.18 Å². The summed E-state index contributed by atoms with van der Waals surface area (Å²) in [6, 6.07) is 6.52. The summed E-state index contributed by atoms with van der Waals surface area (Å²) < 4.78 is 18.7. The molecule has 0 saturated carbocycles. The number of nitrogens with one attached hydrogen (secondary N) is 2. The highest BCUT2D eigenvalue weighted by molar-refractivity contribution is 14.0. The molecule has 9 heteroatoms. The summed E-state index contributed by atoms with van der Waals surface area (Å²) in [6.07, 6.45) is 2.81. The van der Waals surface area contributed by atoms with Crippen LogP contribution in [0.15, 0.2) is 29.3 Å². The lowest BCUT2D eigenvalue weighted by atomic mass is 10.2. The number of hydrogen-bond donors (Lipinski definition) is 2. The molecule has 30 heavy (non-hydrogen) atoms. The number of halogens is 2. The minimum absolute atomic E-state index is 0. The van der Waals surface area contributed by atoms with Gasteiger partial charge < -0.3 is 25.2 Å². The van der Waals surface area contributed by atoms with Gasteiger partial charge in [0, 0.05) is 58.0 Å². The van der Waals surface area contributed by atoms with Crippen molar-refractivity contribution >= 4 is 41.5 Å². The molecule has 2 heterocycles. The summed E-state index contributed by atoms with van der Waals surface area (Å²) in [5, 5.41) is 6.46. The Bertz CT molecular complexity index is 674. The molecule has 2 N–H and O–H groups in total. The fourth-order valence-electron chi connectivity index (χ4n) is 3.64. The van der Waals surface area contributed by atoms with E-state index in [1.807, 2.05) is 11.8 Å². The van der Waals surface area contributed by atoms with Crippen molar-refractivity contribution in [3.8, 4) is 0 Å². The molecule has 1 aromatic rings. The molecule has 1 atom stereocenters. The summed E-state index contributed by atoms with van der Waals surface area (Å²) in [6.45, 7) is 7.71. The lowest BCUT2D eigenvalue weighted by Crippen LogP contribution is -2.49. The predicted octanol–water partition coefficient (Wildman–Crippen LogP) is 2.22. The van der Waals surface area contributed by atoms with Gasteiger partial charge in [0.15, 0.2) is 5.96 Å². The third-order valence-electron chi connectivity index (χ3n) is 5.28. The summed E-state index contributed by atoms with van der Waals surface area (Å²) in [7, 11) is 0. The number of carbonyl (C=O) groups is 1. The van der Waals surface area contributed by atoms with Crippen molar-refractivity contribution in [2.75, 3.05) is 57.3 Å². The standard InChI is InChI=1S/C21H32FN5O2.HI/c1-2-23-21(25-16-19-4-3-15-29-19)24-10-9-20(28)27-13-11-26(12-14-27)18-7-5-17(22)6-8-18;/h5-8,19H,2-4,9-16H2,1H3,(H2,23,24,25);1H. The first-order chi connectivity index (χ1) is 14.2. The quantitative estimate of drug-likeness (QED) is 0.320. The lowest BCUT2D eigenvalue weighted by molar-refractivity contribution is -0.131. The number of anilines is 1. The zero-order valence-electron chi connectivity index (χ0n) is 17.6. The van der Waals surface area contributed by atoms with Crippen LogP contribution in [0.3, 0.4) is 0 Å². The van der Waals surface area contributed by atoms with E-state index in [1.165, 1.54) is 12.1 Å². The van der Waals surface area contributed by atoms with Gasteiger partial charge in [-0.2, -0.15) is 0 Å². The van der Waals surface area contributed by atoms with E-state index >= 15 is 0 Å². The molecule has 7 nitrogen and oxygen atoms in total. The maximum atomic E-state index is 13.1. The molecule has 0 aromatic heterocycles. The smallest absolute Gasteiger partial charge is 0.224 e.